The number of ether oxygens (including phenoxy) is 3. The monoisotopic (exact) mass is 547 g/mol. The Bertz CT molecular complexity index is 1250. The van der Waals surface area contributed by atoms with Gasteiger partial charge in [0.15, 0.2) is 17.3 Å². The lowest BCUT2D eigenvalue weighted by Crippen LogP contribution is -2.43. The fraction of sp³-hybridized carbons (Fsp3) is 0.533. The topological polar surface area (TPSA) is 97.8 Å². The van der Waals surface area contributed by atoms with Gasteiger partial charge in [0.25, 0.3) is 0 Å². The van der Waals surface area contributed by atoms with Crippen molar-refractivity contribution in [2.45, 2.75) is 71.2 Å². The van der Waals surface area contributed by atoms with Gasteiger partial charge in [-0.3, -0.25) is 4.98 Å². The molecule has 0 saturated carbocycles. The van der Waals surface area contributed by atoms with Crippen molar-refractivity contribution in [1.82, 2.24) is 19.9 Å². The van der Waals surface area contributed by atoms with E-state index in [1.807, 2.05) is 37.3 Å². The van der Waals surface area contributed by atoms with Crippen molar-refractivity contribution in [3.63, 3.8) is 0 Å². The number of nitrogens with one attached hydrogen (secondary N) is 1. The second-order valence-electron chi connectivity index (χ2n) is 11.3. The first-order chi connectivity index (χ1) is 19.4. The van der Waals surface area contributed by atoms with Crippen LogP contribution in [-0.4, -0.2) is 70.5 Å². The first-order valence-electron chi connectivity index (χ1n) is 14.3. The van der Waals surface area contributed by atoms with Crippen molar-refractivity contribution in [3.8, 4) is 11.5 Å². The summed E-state index contributed by atoms with van der Waals surface area (Å²) in [6.07, 6.45) is 9.60. The maximum absolute atomic E-state index is 6.36. The summed E-state index contributed by atoms with van der Waals surface area (Å²) in [6, 6.07) is 9.79. The molecule has 1 aromatic carbocycles. The zero-order chi connectivity index (χ0) is 28.0. The SMILES string of the molecule is CCOc1ccccc1O[C@@H]1CCCN(c2cncc(Nc3nccc(N4CCC[C@@H](OC(C)(C)C)C4)n3)n2)C1. The Morgan fingerprint density at radius 1 is 0.900 bits per heavy atom. The highest BCUT2D eigenvalue weighted by Gasteiger charge is 2.26. The van der Waals surface area contributed by atoms with Crippen LogP contribution in [0.1, 0.15) is 53.4 Å². The third-order valence-electron chi connectivity index (χ3n) is 6.87. The van der Waals surface area contributed by atoms with Gasteiger partial charge in [0.2, 0.25) is 5.95 Å². The number of nitrogens with zero attached hydrogens (tertiary/aromatic N) is 6. The van der Waals surface area contributed by atoms with E-state index in [0.29, 0.717) is 18.4 Å². The van der Waals surface area contributed by atoms with Crippen molar-refractivity contribution in [3.05, 3.63) is 48.9 Å². The van der Waals surface area contributed by atoms with Crippen molar-refractivity contribution in [1.29, 1.82) is 0 Å². The third kappa shape index (κ3) is 7.50. The Morgan fingerprint density at radius 2 is 1.62 bits per heavy atom. The highest BCUT2D eigenvalue weighted by molar-refractivity contribution is 5.53. The molecule has 2 aliphatic heterocycles. The molecule has 2 aromatic heterocycles. The van der Waals surface area contributed by atoms with Gasteiger partial charge in [0.05, 0.1) is 37.3 Å². The van der Waals surface area contributed by atoms with E-state index in [1.54, 1.807) is 18.6 Å². The van der Waals surface area contributed by atoms with Gasteiger partial charge in [-0.25, -0.2) is 9.97 Å². The van der Waals surface area contributed by atoms with Crippen LogP contribution in [0.5, 0.6) is 11.5 Å². The predicted octanol–water partition coefficient (Wildman–Crippen LogP) is 5.24. The van der Waals surface area contributed by atoms with Crippen LogP contribution < -0.4 is 24.6 Å². The highest BCUT2D eigenvalue weighted by atomic mass is 16.5. The van der Waals surface area contributed by atoms with E-state index >= 15 is 0 Å². The second-order valence-corrected chi connectivity index (χ2v) is 11.3. The molecule has 3 aromatic rings. The van der Waals surface area contributed by atoms with E-state index < -0.39 is 0 Å². The van der Waals surface area contributed by atoms with E-state index in [0.717, 1.165) is 75.0 Å². The number of hydrogen-bond acceptors (Lipinski definition) is 10. The summed E-state index contributed by atoms with van der Waals surface area (Å²) in [7, 11) is 0. The summed E-state index contributed by atoms with van der Waals surface area (Å²) < 4.78 is 18.3. The van der Waals surface area contributed by atoms with Gasteiger partial charge >= 0.3 is 0 Å². The Labute approximate surface area is 237 Å². The van der Waals surface area contributed by atoms with Gasteiger partial charge < -0.3 is 29.3 Å². The lowest BCUT2D eigenvalue weighted by molar-refractivity contribution is -0.0636. The summed E-state index contributed by atoms with van der Waals surface area (Å²) in [5.74, 6) is 4.33. The summed E-state index contributed by atoms with van der Waals surface area (Å²) in [6.45, 7) is 12.3. The van der Waals surface area contributed by atoms with E-state index in [-0.39, 0.29) is 17.8 Å². The van der Waals surface area contributed by atoms with Crippen LogP contribution >= 0.6 is 0 Å². The lowest BCUT2D eigenvalue weighted by atomic mass is 10.1. The minimum atomic E-state index is -0.162. The Kier molecular flexibility index (Phi) is 8.84. The number of rotatable bonds is 9. The number of aromatic nitrogens is 4. The average Bonchev–Trinajstić information content (AvgIpc) is 2.94. The molecule has 1 N–H and O–H groups in total. The van der Waals surface area contributed by atoms with Crippen LogP contribution in [0, 0.1) is 0 Å². The molecule has 214 valence electrons. The number of benzene rings is 1. The van der Waals surface area contributed by atoms with Crippen molar-refractivity contribution in [2.24, 2.45) is 0 Å². The summed E-state index contributed by atoms with van der Waals surface area (Å²) in [5, 5.41) is 3.26. The first-order valence-corrected chi connectivity index (χ1v) is 14.3. The molecule has 2 saturated heterocycles. The quantitative estimate of drug-likeness (QED) is 0.383. The van der Waals surface area contributed by atoms with Gasteiger partial charge in [-0.05, 0) is 71.6 Å². The fourth-order valence-electron chi connectivity index (χ4n) is 5.26. The molecule has 0 spiro atoms. The van der Waals surface area contributed by atoms with Gasteiger partial charge in [-0.2, -0.15) is 4.98 Å². The van der Waals surface area contributed by atoms with E-state index in [9.17, 15) is 0 Å². The smallest absolute Gasteiger partial charge is 0.230 e. The number of piperidine rings is 2. The number of anilines is 4. The van der Waals surface area contributed by atoms with Gasteiger partial charge in [0, 0.05) is 25.8 Å². The maximum atomic E-state index is 6.36. The molecule has 10 nitrogen and oxygen atoms in total. The van der Waals surface area contributed by atoms with Crippen LogP contribution in [0.25, 0.3) is 0 Å². The van der Waals surface area contributed by atoms with E-state index in [4.69, 9.17) is 24.2 Å². The molecule has 10 heteroatoms. The Balaban J connectivity index is 1.23. The minimum Gasteiger partial charge on any atom is -0.490 e. The average molecular weight is 548 g/mol. The van der Waals surface area contributed by atoms with Gasteiger partial charge in [-0.1, -0.05) is 12.1 Å². The van der Waals surface area contributed by atoms with Gasteiger partial charge in [-0.15, -0.1) is 0 Å². The largest absolute Gasteiger partial charge is 0.490 e. The van der Waals surface area contributed by atoms with Gasteiger partial charge in [0.1, 0.15) is 17.7 Å². The van der Waals surface area contributed by atoms with Crippen LogP contribution in [0.4, 0.5) is 23.4 Å². The van der Waals surface area contributed by atoms with Crippen LogP contribution in [0.2, 0.25) is 0 Å². The molecule has 0 radical (unpaired) electrons. The molecular weight excluding hydrogens is 506 g/mol. The van der Waals surface area contributed by atoms with E-state index in [2.05, 4.69) is 45.9 Å². The maximum Gasteiger partial charge on any atom is 0.230 e. The van der Waals surface area contributed by atoms with Crippen LogP contribution in [0.3, 0.4) is 0 Å². The molecule has 0 aliphatic carbocycles. The van der Waals surface area contributed by atoms with Crippen molar-refractivity contribution >= 4 is 23.4 Å². The second kappa shape index (κ2) is 12.7. The predicted molar refractivity (Wildman–Crippen MR) is 157 cm³/mol. The zero-order valence-electron chi connectivity index (χ0n) is 24.0. The summed E-state index contributed by atoms with van der Waals surface area (Å²) in [4.78, 5) is 23.0. The normalized spacial score (nSPS) is 19.8. The summed E-state index contributed by atoms with van der Waals surface area (Å²) in [5.41, 5.74) is -0.162. The Morgan fingerprint density at radius 3 is 2.40 bits per heavy atom. The Hall–Kier alpha value is -3.66. The highest BCUT2D eigenvalue weighted by Crippen LogP contribution is 2.30. The molecule has 40 heavy (non-hydrogen) atoms. The summed E-state index contributed by atoms with van der Waals surface area (Å²) >= 11 is 0. The lowest BCUT2D eigenvalue weighted by Gasteiger charge is -2.36. The standard InChI is InChI=1S/C30H41N7O3/c1-5-38-24-12-6-7-13-25(24)39-22-10-8-17-37(20-22)28-19-31-18-26(33-28)34-29-32-15-14-27(35-29)36-16-9-11-23(21-36)40-30(2,3)4/h6-7,12-15,18-19,22-23H,5,8-11,16-17,20-21H2,1-4H3,(H,32,33,34,35)/t22-,23-/m1/s1. The number of para-hydroxylation sites is 2. The minimum absolute atomic E-state index is 0.0319. The molecular formula is C30H41N7O3. The molecule has 2 fully saturated rings. The molecule has 0 unspecified atom stereocenters. The van der Waals surface area contributed by atoms with E-state index in [1.165, 1.54) is 0 Å². The molecule has 2 atom stereocenters. The molecule has 4 heterocycles. The fourth-order valence-corrected chi connectivity index (χ4v) is 5.26. The van der Waals surface area contributed by atoms with Crippen molar-refractivity contribution < 1.29 is 14.2 Å². The molecule has 0 amide bonds. The molecule has 0 bridgehead atoms. The van der Waals surface area contributed by atoms with Crippen LogP contribution in [-0.2, 0) is 4.74 Å². The zero-order valence-corrected chi connectivity index (χ0v) is 24.0. The molecule has 5 rings (SSSR count). The molecule has 2 aliphatic rings. The number of hydrogen-bond donors (Lipinski definition) is 1. The van der Waals surface area contributed by atoms with Crippen molar-refractivity contribution in [2.75, 3.05) is 47.9 Å². The first kappa shape index (κ1) is 27.9. The van der Waals surface area contributed by atoms with Crippen LogP contribution in [0.15, 0.2) is 48.9 Å². The third-order valence-corrected chi connectivity index (χ3v) is 6.87.